The molecule has 0 spiro atoms. The van der Waals surface area contributed by atoms with E-state index < -0.39 is 5.91 Å². The van der Waals surface area contributed by atoms with Gasteiger partial charge in [-0.15, -0.1) is 0 Å². The molecular weight excluding hydrogens is 232 g/mol. The summed E-state index contributed by atoms with van der Waals surface area (Å²) >= 11 is 0. The van der Waals surface area contributed by atoms with E-state index in [1.165, 1.54) is 12.3 Å². The predicted octanol–water partition coefficient (Wildman–Crippen LogP) is 1.41. The van der Waals surface area contributed by atoms with Gasteiger partial charge in [-0.3, -0.25) is 10.1 Å². The average Bonchev–Trinajstić information content (AvgIpc) is 2.92. The first-order valence-electron chi connectivity index (χ1n) is 5.58. The van der Waals surface area contributed by atoms with Gasteiger partial charge in [-0.25, -0.2) is 0 Å². The zero-order valence-electron chi connectivity index (χ0n) is 10.2. The molecule has 2 heterocycles. The number of hydrogen-bond donors (Lipinski definition) is 2. The summed E-state index contributed by atoms with van der Waals surface area (Å²) in [5.41, 5.74) is 1.44. The molecule has 0 unspecified atom stereocenters. The van der Waals surface area contributed by atoms with Crippen LogP contribution >= 0.6 is 0 Å². The fourth-order valence-electron chi connectivity index (χ4n) is 1.27. The van der Waals surface area contributed by atoms with Crippen molar-refractivity contribution in [3.63, 3.8) is 0 Å². The molecule has 1 aliphatic rings. The molecule has 18 heavy (non-hydrogen) atoms. The van der Waals surface area contributed by atoms with E-state index in [0.717, 1.165) is 5.57 Å². The van der Waals surface area contributed by atoms with E-state index in [1.54, 1.807) is 6.20 Å². The van der Waals surface area contributed by atoms with E-state index in [9.17, 15) is 4.79 Å². The summed E-state index contributed by atoms with van der Waals surface area (Å²) in [5.74, 6) is -0.579. The van der Waals surface area contributed by atoms with Gasteiger partial charge in [0.25, 0.3) is 0 Å². The zero-order valence-corrected chi connectivity index (χ0v) is 10.2. The Kier molecular flexibility index (Phi) is 5.19. The number of aromatic nitrogens is 1. The Morgan fingerprint density at radius 2 is 2.39 bits per heavy atom. The summed E-state index contributed by atoms with van der Waals surface area (Å²) in [4.78, 5) is 11.2. The van der Waals surface area contributed by atoms with Crippen LogP contribution in [0, 0.1) is 11.5 Å². The van der Waals surface area contributed by atoms with E-state index >= 15 is 0 Å². The summed E-state index contributed by atoms with van der Waals surface area (Å²) in [6.45, 7) is 4.71. The van der Waals surface area contributed by atoms with Crippen LogP contribution in [0.1, 0.15) is 30.1 Å². The smallest absolute Gasteiger partial charge is 0.302 e. The van der Waals surface area contributed by atoms with Crippen molar-refractivity contribution in [1.82, 2.24) is 15.8 Å². The van der Waals surface area contributed by atoms with Gasteiger partial charge >= 0.3 is 5.91 Å². The highest BCUT2D eigenvalue weighted by Crippen LogP contribution is 2.16. The molecule has 0 fully saturated rings. The van der Waals surface area contributed by atoms with Crippen LogP contribution in [-0.2, 0) is 0 Å². The van der Waals surface area contributed by atoms with Gasteiger partial charge in [0, 0.05) is 18.2 Å². The maximum Gasteiger partial charge on any atom is 0.302 e. The minimum atomic E-state index is -0.597. The van der Waals surface area contributed by atoms with Crippen LogP contribution in [0.15, 0.2) is 28.9 Å². The van der Waals surface area contributed by atoms with Gasteiger partial charge in [0.1, 0.15) is 5.69 Å². The first-order valence-corrected chi connectivity index (χ1v) is 5.58. The highest BCUT2D eigenvalue weighted by atomic mass is 16.5. The largest absolute Gasteiger partial charge is 0.387 e. The standard InChI is InChI=1S/C10H8N4O2.C2H6/c11-6-13-10(15)9-5-8(14-16-9)7-1-3-12-4-2-7;1-2/h1-3,5,12H,4H2,(H,13,15);1-2H3. The van der Waals surface area contributed by atoms with Gasteiger partial charge in [0.2, 0.25) is 5.76 Å². The van der Waals surface area contributed by atoms with Crippen molar-refractivity contribution in [2.45, 2.75) is 13.8 Å². The monoisotopic (exact) mass is 246 g/mol. The van der Waals surface area contributed by atoms with Gasteiger partial charge in [-0.05, 0) is 12.3 Å². The molecule has 6 heteroatoms. The summed E-state index contributed by atoms with van der Waals surface area (Å²) in [5, 5.41) is 17.0. The molecule has 0 saturated heterocycles. The lowest BCUT2D eigenvalue weighted by Crippen LogP contribution is -2.16. The van der Waals surface area contributed by atoms with Crippen molar-refractivity contribution in [2.24, 2.45) is 0 Å². The second-order valence-corrected chi connectivity index (χ2v) is 3.04. The molecule has 94 valence electrons. The molecule has 1 aromatic rings. The predicted molar refractivity (Wildman–Crippen MR) is 66.0 cm³/mol. The molecule has 6 nitrogen and oxygen atoms in total. The first kappa shape index (κ1) is 13.5. The Hall–Kier alpha value is -2.55. The van der Waals surface area contributed by atoms with Crippen molar-refractivity contribution in [1.29, 1.82) is 5.26 Å². The fraction of sp³-hybridized carbons (Fsp3) is 0.250. The number of nitrogens with zero attached hydrogens (tertiary/aromatic N) is 2. The summed E-state index contributed by atoms with van der Waals surface area (Å²) in [6.07, 6.45) is 7.07. The molecule has 1 amide bonds. The summed E-state index contributed by atoms with van der Waals surface area (Å²) in [6, 6.07) is 1.49. The molecule has 0 atom stereocenters. The second-order valence-electron chi connectivity index (χ2n) is 3.04. The highest BCUT2D eigenvalue weighted by molar-refractivity contribution is 5.93. The molecular formula is C12H14N4O2. The number of amides is 1. The lowest BCUT2D eigenvalue weighted by Gasteiger charge is -2.03. The number of rotatable bonds is 2. The van der Waals surface area contributed by atoms with Gasteiger partial charge in [0.05, 0.1) is 0 Å². The van der Waals surface area contributed by atoms with Gasteiger partial charge < -0.3 is 9.84 Å². The van der Waals surface area contributed by atoms with Gasteiger partial charge in [-0.2, -0.15) is 5.26 Å². The Morgan fingerprint density at radius 3 is 3.00 bits per heavy atom. The molecule has 2 rings (SSSR count). The number of dihydropyridines is 1. The maximum atomic E-state index is 11.2. The minimum Gasteiger partial charge on any atom is -0.387 e. The third-order valence-electron chi connectivity index (χ3n) is 2.02. The van der Waals surface area contributed by atoms with Crippen LogP contribution in [0.3, 0.4) is 0 Å². The summed E-state index contributed by atoms with van der Waals surface area (Å²) in [7, 11) is 0. The maximum absolute atomic E-state index is 11.2. The van der Waals surface area contributed by atoms with E-state index in [4.69, 9.17) is 9.78 Å². The van der Waals surface area contributed by atoms with Crippen molar-refractivity contribution in [3.05, 3.63) is 35.9 Å². The number of carbonyl (C=O) groups is 1. The van der Waals surface area contributed by atoms with E-state index in [1.807, 2.05) is 31.3 Å². The Balaban J connectivity index is 0.000000771. The molecule has 0 bridgehead atoms. The SMILES string of the molecule is CC.N#CNC(=O)c1cc(C2=CCNC=C2)no1. The second kappa shape index (κ2) is 6.91. The van der Waals surface area contributed by atoms with E-state index in [2.05, 4.69) is 10.5 Å². The topological polar surface area (TPSA) is 91.0 Å². The van der Waals surface area contributed by atoms with Crippen LogP contribution < -0.4 is 10.6 Å². The molecule has 1 aromatic heterocycles. The van der Waals surface area contributed by atoms with Crippen molar-refractivity contribution < 1.29 is 9.32 Å². The summed E-state index contributed by atoms with van der Waals surface area (Å²) < 4.78 is 4.82. The number of allylic oxidation sites excluding steroid dienone is 2. The number of nitriles is 1. The fourth-order valence-corrected chi connectivity index (χ4v) is 1.27. The average molecular weight is 246 g/mol. The third kappa shape index (κ3) is 3.22. The molecule has 0 aliphatic carbocycles. The van der Waals surface area contributed by atoms with Crippen molar-refractivity contribution in [3.8, 4) is 6.19 Å². The molecule has 0 aromatic carbocycles. The lowest BCUT2D eigenvalue weighted by atomic mass is 10.1. The quantitative estimate of drug-likeness (QED) is 0.608. The van der Waals surface area contributed by atoms with Crippen LogP contribution in [0.2, 0.25) is 0 Å². The van der Waals surface area contributed by atoms with Crippen LogP contribution in [0.4, 0.5) is 0 Å². The number of hydrogen-bond acceptors (Lipinski definition) is 5. The molecule has 0 radical (unpaired) electrons. The number of carbonyl (C=O) groups excluding carboxylic acids is 1. The van der Waals surface area contributed by atoms with Crippen molar-refractivity contribution >= 4 is 11.5 Å². The Morgan fingerprint density at radius 1 is 1.61 bits per heavy atom. The number of nitrogens with one attached hydrogen (secondary N) is 2. The van der Waals surface area contributed by atoms with E-state index in [0.29, 0.717) is 12.2 Å². The van der Waals surface area contributed by atoms with Crippen LogP contribution in [0.5, 0.6) is 0 Å². The normalized spacial score (nSPS) is 12.4. The minimum absolute atomic E-state index is 0.0179. The van der Waals surface area contributed by atoms with E-state index in [-0.39, 0.29) is 5.76 Å². The van der Waals surface area contributed by atoms with Gasteiger partial charge in [0.15, 0.2) is 6.19 Å². The van der Waals surface area contributed by atoms with Gasteiger partial charge in [-0.1, -0.05) is 25.1 Å². The molecule has 0 saturated carbocycles. The molecule has 2 N–H and O–H groups in total. The lowest BCUT2D eigenvalue weighted by molar-refractivity contribution is 0.0936. The Bertz CT molecular complexity index is 508. The Labute approximate surface area is 105 Å². The molecule has 1 aliphatic heterocycles. The van der Waals surface area contributed by atoms with Crippen LogP contribution in [0.25, 0.3) is 5.57 Å². The van der Waals surface area contributed by atoms with Crippen LogP contribution in [-0.4, -0.2) is 17.6 Å². The highest BCUT2D eigenvalue weighted by Gasteiger charge is 2.14. The first-order chi connectivity index (χ1) is 8.81. The third-order valence-corrected chi connectivity index (χ3v) is 2.02. The zero-order chi connectivity index (χ0) is 13.4. The van der Waals surface area contributed by atoms with Crippen molar-refractivity contribution in [2.75, 3.05) is 6.54 Å².